The molecule has 0 rings (SSSR count). The molecule has 0 aliphatic heterocycles. The fourth-order valence-electron chi connectivity index (χ4n) is 0.708. The Balaban J connectivity index is 3.08. The molecule has 0 spiro atoms. The Kier molecular flexibility index (Phi) is 8.15. The van der Waals surface area contributed by atoms with Gasteiger partial charge in [-0.25, -0.2) is 4.36 Å². The molecule has 0 aromatic heterocycles. The number of unbranched alkanes of at least 4 members (excludes halogenated alkanes) is 2. The first-order chi connectivity index (χ1) is 5.81. The van der Waals surface area contributed by atoms with Gasteiger partial charge in [0.15, 0.2) is 0 Å². The van der Waals surface area contributed by atoms with Crippen LogP contribution in [0.3, 0.4) is 0 Å². The standard InChI is InChI=1S/C7H14N2O2S/c8-4-2-1-3-5-11-7(10)6-9-12/h1-6,8H2. The zero-order valence-electron chi connectivity index (χ0n) is 6.99. The van der Waals surface area contributed by atoms with Gasteiger partial charge in [-0.3, -0.25) is 4.79 Å². The van der Waals surface area contributed by atoms with Gasteiger partial charge in [-0.05, 0) is 25.8 Å². The molecule has 0 bridgehead atoms. The van der Waals surface area contributed by atoms with Crippen molar-refractivity contribution in [2.75, 3.05) is 19.7 Å². The molecule has 0 amide bonds. The highest BCUT2D eigenvalue weighted by Gasteiger charge is 1.98. The second-order valence-electron chi connectivity index (χ2n) is 2.36. The van der Waals surface area contributed by atoms with Gasteiger partial charge in [-0.1, -0.05) is 0 Å². The van der Waals surface area contributed by atoms with Crippen LogP contribution in [0.2, 0.25) is 0 Å². The van der Waals surface area contributed by atoms with E-state index in [0.29, 0.717) is 13.2 Å². The van der Waals surface area contributed by atoms with Crippen LogP contribution < -0.4 is 5.73 Å². The van der Waals surface area contributed by atoms with Crippen LogP contribution in [-0.2, 0) is 22.0 Å². The first-order valence-corrected chi connectivity index (χ1v) is 4.32. The van der Waals surface area contributed by atoms with Crippen LogP contribution in [0.15, 0.2) is 4.36 Å². The lowest BCUT2D eigenvalue weighted by atomic mass is 10.2. The quantitative estimate of drug-likeness (QED) is 0.466. The predicted molar refractivity (Wildman–Crippen MR) is 48.5 cm³/mol. The lowest BCUT2D eigenvalue weighted by molar-refractivity contribution is -0.141. The lowest BCUT2D eigenvalue weighted by Gasteiger charge is -2.01. The van der Waals surface area contributed by atoms with Crippen molar-refractivity contribution in [3.63, 3.8) is 0 Å². The van der Waals surface area contributed by atoms with Crippen LogP contribution >= 0.6 is 0 Å². The summed E-state index contributed by atoms with van der Waals surface area (Å²) in [5.41, 5.74) is 5.28. The average molecular weight is 190 g/mol. The number of nitrogens with zero attached hydrogens (tertiary/aromatic N) is 1. The molecule has 0 radical (unpaired) electrons. The minimum absolute atomic E-state index is 0.0216. The molecule has 0 aromatic carbocycles. The lowest BCUT2D eigenvalue weighted by Crippen LogP contribution is -2.09. The highest BCUT2D eigenvalue weighted by molar-refractivity contribution is 7.47. The van der Waals surface area contributed by atoms with Crippen molar-refractivity contribution in [1.82, 2.24) is 0 Å². The van der Waals surface area contributed by atoms with Crippen LogP contribution in [0.1, 0.15) is 19.3 Å². The maximum atomic E-state index is 10.7. The first-order valence-electron chi connectivity index (χ1n) is 3.96. The van der Waals surface area contributed by atoms with Crippen molar-refractivity contribution >= 4 is 18.4 Å². The van der Waals surface area contributed by atoms with Crippen molar-refractivity contribution in [3.8, 4) is 0 Å². The molecule has 0 fully saturated rings. The molecule has 12 heavy (non-hydrogen) atoms. The maximum Gasteiger partial charge on any atom is 0.328 e. The molecule has 0 atom stereocenters. The molecule has 0 unspecified atom stereocenters. The summed E-state index contributed by atoms with van der Waals surface area (Å²) in [6, 6.07) is 0. The smallest absolute Gasteiger partial charge is 0.328 e. The largest absolute Gasteiger partial charge is 0.464 e. The maximum absolute atomic E-state index is 10.7. The van der Waals surface area contributed by atoms with Crippen LogP contribution in [0.5, 0.6) is 0 Å². The van der Waals surface area contributed by atoms with Gasteiger partial charge in [0.1, 0.15) is 6.54 Å². The number of hydrogen-bond acceptors (Lipinski definition) is 5. The Morgan fingerprint density at radius 3 is 2.75 bits per heavy atom. The molecule has 0 saturated heterocycles. The second kappa shape index (κ2) is 8.55. The third kappa shape index (κ3) is 7.56. The second-order valence-corrected chi connectivity index (χ2v) is 2.62. The molecular weight excluding hydrogens is 176 g/mol. The molecule has 0 aromatic rings. The Morgan fingerprint density at radius 2 is 2.17 bits per heavy atom. The van der Waals surface area contributed by atoms with Gasteiger partial charge in [0.05, 0.1) is 6.61 Å². The summed E-state index contributed by atoms with van der Waals surface area (Å²) in [4.78, 5) is 10.7. The van der Waals surface area contributed by atoms with E-state index in [1.807, 2.05) is 0 Å². The normalized spacial score (nSPS) is 9.42. The van der Waals surface area contributed by atoms with Crippen LogP contribution in [0, 0.1) is 0 Å². The molecule has 4 nitrogen and oxygen atoms in total. The van der Waals surface area contributed by atoms with Gasteiger partial charge >= 0.3 is 5.97 Å². The zero-order chi connectivity index (χ0) is 9.23. The SMILES string of the molecule is NCCCCCOC(=O)CN=S. The Morgan fingerprint density at radius 1 is 1.42 bits per heavy atom. The zero-order valence-corrected chi connectivity index (χ0v) is 7.81. The van der Waals surface area contributed by atoms with Crippen molar-refractivity contribution in [1.29, 1.82) is 0 Å². The molecule has 0 saturated carbocycles. The Labute approximate surface area is 77.6 Å². The van der Waals surface area contributed by atoms with E-state index in [-0.39, 0.29) is 12.5 Å². The monoisotopic (exact) mass is 190 g/mol. The van der Waals surface area contributed by atoms with Crippen molar-refractivity contribution in [2.45, 2.75) is 19.3 Å². The minimum atomic E-state index is -0.349. The van der Waals surface area contributed by atoms with E-state index in [0.717, 1.165) is 19.3 Å². The Hall–Kier alpha value is -0.550. The average Bonchev–Trinajstić information content (AvgIpc) is 2.05. The molecule has 0 aliphatic rings. The van der Waals surface area contributed by atoms with Crippen LogP contribution in [0.25, 0.3) is 0 Å². The number of carbonyl (C=O) groups excluding carboxylic acids is 1. The first kappa shape index (κ1) is 11.4. The van der Waals surface area contributed by atoms with Gasteiger partial charge in [-0.15, -0.1) is 0 Å². The van der Waals surface area contributed by atoms with Gasteiger partial charge < -0.3 is 10.5 Å². The third-order valence-corrected chi connectivity index (χ3v) is 1.43. The summed E-state index contributed by atoms with van der Waals surface area (Å²) >= 11 is 4.26. The van der Waals surface area contributed by atoms with Crippen molar-refractivity contribution in [3.05, 3.63) is 0 Å². The van der Waals surface area contributed by atoms with E-state index in [9.17, 15) is 4.79 Å². The summed E-state index contributed by atoms with van der Waals surface area (Å²) in [6.45, 7) is 1.12. The van der Waals surface area contributed by atoms with E-state index in [1.165, 1.54) is 0 Å². The summed E-state index contributed by atoms with van der Waals surface area (Å²) < 4.78 is 8.03. The van der Waals surface area contributed by atoms with E-state index in [1.54, 1.807) is 0 Å². The van der Waals surface area contributed by atoms with Gasteiger partial charge in [-0.2, -0.15) is 0 Å². The molecular formula is C7H14N2O2S. The van der Waals surface area contributed by atoms with Crippen molar-refractivity contribution in [2.24, 2.45) is 10.1 Å². The molecule has 5 heteroatoms. The fraction of sp³-hybridized carbons (Fsp3) is 0.857. The van der Waals surface area contributed by atoms with E-state index in [4.69, 9.17) is 10.5 Å². The fourth-order valence-corrected chi connectivity index (χ4v) is 0.813. The summed E-state index contributed by atoms with van der Waals surface area (Å²) in [5, 5.41) is 0. The number of ether oxygens (including phenoxy) is 1. The van der Waals surface area contributed by atoms with Crippen molar-refractivity contribution < 1.29 is 9.53 Å². The molecule has 70 valence electrons. The summed E-state index contributed by atoms with van der Waals surface area (Å²) in [6.07, 6.45) is 2.83. The van der Waals surface area contributed by atoms with Gasteiger partial charge in [0.2, 0.25) is 0 Å². The number of hydrogen-bond donors (Lipinski definition) is 1. The van der Waals surface area contributed by atoms with Crippen LogP contribution in [-0.4, -0.2) is 25.7 Å². The predicted octanol–water partition coefficient (Wildman–Crippen LogP) is 0.389. The van der Waals surface area contributed by atoms with E-state index >= 15 is 0 Å². The molecule has 2 N–H and O–H groups in total. The highest BCUT2D eigenvalue weighted by atomic mass is 32.1. The molecule has 0 aliphatic carbocycles. The topological polar surface area (TPSA) is 64.7 Å². The number of rotatable bonds is 7. The minimum Gasteiger partial charge on any atom is -0.464 e. The van der Waals surface area contributed by atoms with Gasteiger partial charge in [0, 0.05) is 12.4 Å². The molecule has 0 heterocycles. The number of nitrogens with two attached hydrogens (primary N) is 1. The Bertz CT molecular complexity index is 141. The number of carbonyl (C=O) groups is 1. The van der Waals surface area contributed by atoms with Gasteiger partial charge in [0.25, 0.3) is 0 Å². The van der Waals surface area contributed by atoms with E-state index in [2.05, 4.69) is 16.8 Å². The van der Waals surface area contributed by atoms with Crippen LogP contribution in [0.4, 0.5) is 0 Å². The number of esters is 1. The third-order valence-electron chi connectivity index (χ3n) is 1.31. The highest BCUT2D eigenvalue weighted by Crippen LogP contribution is 1.94. The summed E-state index contributed by atoms with van der Waals surface area (Å²) in [7, 11) is 0. The summed E-state index contributed by atoms with van der Waals surface area (Å²) in [5.74, 6) is -0.349. The van der Waals surface area contributed by atoms with E-state index < -0.39 is 0 Å².